The zero-order valence-corrected chi connectivity index (χ0v) is 19.8. The minimum Gasteiger partial charge on any atom is -0.466 e. The summed E-state index contributed by atoms with van der Waals surface area (Å²) in [4.78, 5) is 35.5. The van der Waals surface area contributed by atoms with Crippen LogP contribution in [0.15, 0.2) is 47.1 Å². The molecule has 1 aliphatic rings. The van der Waals surface area contributed by atoms with E-state index in [0.717, 1.165) is 23.1 Å². The standard InChI is InChI=1S/C26H32N4O4/c1-3-10-30(11-5-12-31)26(33)21-13-19-7-6-18(14-23(19)29-24(27)15-21)20-8-9-22(28-17-20)16-25(32)34-4-2/h6-9,13-14,17,31H,3-5,10-12,15-16H2,1-2H3,(H2,27,29). The lowest BCUT2D eigenvalue weighted by atomic mass is 10.0. The van der Waals surface area contributed by atoms with Crippen LogP contribution in [0.5, 0.6) is 0 Å². The second-order valence-electron chi connectivity index (χ2n) is 8.11. The first kappa shape index (κ1) is 25.1. The van der Waals surface area contributed by atoms with E-state index in [0.29, 0.717) is 48.9 Å². The number of ether oxygens (including phenoxy) is 1. The van der Waals surface area contributed by atoms with E-state index in [9.17, 15) is 14.7 Å². The summed E-state index contributed by atoms with van der Waals surface area (Å²) >= 11 is 0. The predicted molar refractivity (Wildman–Crippen MR) is 132 cm³/mol. The number of nitrogens with two attached hydrogens (primary N) is 1. The molecule has 0 fully saturated rings. The molecule has 1 aromatic heterocycles. The second kappa shape index (κ2) is 12.1. The van der Waals surface area contributed by atoms with E-state index in [1.807, 2.05) is 37.3 Å². The minimum atomic E-state index is -0.302. The Balaban J connectivity index is 1.84. The van der Waals surface area contributed by atoms with Crippen LogP contribution in [0.1, 0.15) is 44.4 Å². The number of aliphatic hydroxyl groups is 1. The number of aliphatic hydroxyl groups excluding tert-OH is 1. The third-order valence-corrected chi connectivity index (χ3v) is 5.43. The number of benzene rings is 1. The molecule has 1 amide bonds. The van der Waals surface area contributed by atoms with Crippen molar-refractivity contribution in [2.75, 3.05) is 26.3 Å². The molecule has 3 rings (SSSR count). The van der Waals surface area contributed by atoms with Crippen molar-refractivity contribution in [3.63, 3.8) is 0 Å². The number of fused-ring (bicyclic) bond motifs is 1. The number of carbonyl (C=O) groups excluding carboxylic acids is 2. The zero-order valence-electron chi connectivity index (χ0n) is 19.8. The molecule has 0 radical (unpaired) electrons. The number of amides is 1. The van der Waals surface area contributed by atoms with Gasteiger partial charge < -0.3 is 20.5 Å². The number of carbonyl (C=O) groups is 2. The Bertz CT molecular complexity index is 1080. The summed E-state index contributed by atoms with van der Waals surface area (Å²) in [6.07, 6.45) is 5.35. The number of nitrogens with zero attached hydrogens (tertiary/aromatic N) is 3. The normalized spacial score (nSPS) is 12.8. The lowest BCUT2D eigenvalue weighted by molar-refractivity contribution is -0.142. The summed E-state index contributed by atoms with van der Waals surface area (Å²) in [7, 11) is 0. The largest absolute Gasteiger partial charge is 0.466 e. The quantitative estimate of drug-likeness (QED) is 0.521. The van der Waals surface area contributed by atoms with Gasteiger partial charge in [0.1, 0.15) is 5.84 Å². The number of hydrogen-bond donors (Lipinski definition) is 2. The van der Waals surface area contributed by atoms with Crippen LogP contribution in [0.2, 0.25) is 0 Å². The van der Waals surface area contributed by atoms with E-state index in [1.165, 1.54) is 0 Å². The van der Waals surface area contributed by atoms with Crippen LogP contribution in [0, 0.1) is 0 Å². The summed E-state index contributed by atoms with van der Waals surface area (Å²) in [6.45, 7) is 5.30. The summed E-state index contributed by atoms with van der Waals surface area (Å²) in [6, 6.07) is 9.50. The summed E-state index contributed by atoms with van der Waals surface area (Å²) < 4.78 is 4.97. The molecule has 8 heteroatoms. The van der Waals surface area contributed by atoms with E-state index in [1.54, 1.807) is 24.1 Å². The van der Waals surface area contributed by atoms with Crippen LogP contribution >= 0.6 is 0 Å². The molecule has 0 unspecified atom stereocenters. The first-order chi connectivity index (χ1) is 16.4. The number of esters is 1. The van der Waals surface area contributed by atoms with Gasteiger partial charge in [-0.15, -0.1) is 0 Å². The number of hydrogen-bond acceptors (Lipinski definition) is 7. The van der Waals surface area contributed by atoms with Crippen LogP contribution in [0.4, 0.5) is 5.69 Å². The fraction of sp³-hybridized carbons (Fsp3) is 0.385. The molecule has 3 N–H and O–H groups in total. The fourth-order valence-electron chi connectivity index (χ4n) is 3.82. The van der Waals surface area contributed by atoms with Crippen molar-refractivity contribution in [3.05, 3.63) is 53.4 Å². The Labute approximate surface area is 200 Å². The molecule has 0 saturated carbocycles. The summed E-state index contributed by atoms with van der Waals surface area (Å²) in [5.74, 6) is -0.00706. The molecule has 2 heterocycles. The highest BCUT2D eigenvalue weighted by Gasteiger charge is 2.21. The maximum Gasteiger partial charge on any atom is 0.311 e. The van der Waals surface area contributed by atoms with E-state index < -0.39 is 0 Å². The number of rotatable bonds is 10. The van der Waals surface area contributed by atoms with Crippen LogP contribution in [-0.4, -0.2) is 59.0 Å². The molecule has 8 nitrogen and oxygen atoms in total. The van der Waals surface area contributed by atoms with Gasteiger partial charge in [-0.1, -0.05) is 25.1 Å². The van der Waals surface area contributed by atoms with Gasteiger partial charge in [0.05, 0.1) is 24.4 Å². The summed E-state index contributed by atoms with van der Waals surface area (Å²) in [5.41, 5.74) is 10.7. The molecule has 0 aliphatic carbocycles. The van der Waals surface area contributed by atoms with Gasteiger partial charge in [-0.05, 0) is 43.5 Å². The molecule has 0 saturated heterocycles. The Morgan fingerprint density at radius 1 is 1.15 bits per heavy atom. The van der Waals surface area contributed by atoms with Gasteiger partial charge in [-0.3, -0.25) is 14.6 Å². The van der Waals surface area contributed by atoms with Crippen molar-refractivity contribution in [1.29, 1.82) is 0 Å². The first-order valence-electron chi connectivity index (χ1n) is 11.6. The maximum atomic E-state index is 13.2. The molecule has 0 spiro atoms. The molecular weight excluding hydrogens is 432 g/mol. The highest BCUT2D eigenvalue weighted by atomic mass is 16.5. The van der Waals surface area contributed by atoms with E-state index in [2.05, 4.69) is 9.98 Å². The van der Waals surface area contributed by atoms with Crippen LogP contribution in [0.3, 0.4) is 0 Å². The van der Waals surface area contributed by atoms with Gasteiger partial charge in [0.25, 0.3) is 0 Å². The van der Waals surface area contributed by atoms with Crippen molar-refractivity contribution in [1.82, 2.24) is 9.88 Å². The molecular formula is C26H32N4O4. The van der Waals surface area contributed by atoms with Crippen molar-refractivity contribution in [2.24, 2.45) is 10.7 Å². The Morgan fingerprint density at radius 3 is 2.62 bits per heavy atom. The summed E-state index contributed by atoms with van der Waals surface area (Å²) in [5, 5.41) is 9.17. The lowest BCUT2D eigenvalue weighted by Crippen LogP contribution is -2.35. The lowest BCUT2D eigenvalue weighted by Gasteiger charge is -2.23. The SMILES string of the molecule is CCCN(CCCO)C(=O)C1=Cc2ccc(-c3ccc(CC(=O)OCC)nc3)cc2N=C(N)C1. The van der Waals surface area contributed by atoms with Crippen molar-refractivity contribution in [2.45, 2.75) is 39.5 Å². The molecule has 1 aliphatic heterocycles. The minimum absolute atomic E-state index is 0.0421. The third-order valence-electron chi connectivity index (χ3n) is 5.43. The molecule has 0 atom stereocenters. The predicted octanol–water partition coefficient (Wildman–Crippen LogP) is 3.25. The Kier molecular flexibility index (Phi) is 8.93. The first-order valence-corrected chi connectivity index (χ1v) is 11.6. The van der Waals surface area contributed by atoms with Gasteiger partial charge in [0.2, 0.25) is 5.91 Å². The van der Waals surface area contributed by atoms with Crippen molar-refractivity contribution >= 4 is 29.5 Å². The van der Waals surface area contributed by atoms with Crippen LogP contribution in [0.25, 0.3) is 17.2 Å². The monoisotopic (exact) mass is 464 g/mol. The number of amidine groups is 1. The van der Waals surface area contributed by atoms with Gasteiger partial charge in [0.15, 0.2) is 0 Å². The molecule has 180 valence electrons. The van der Waals surface area contributed by atoms with Crippen LogP contribution in [-0.2, 0) is 20.7 Å². The van der Waals surface area contributed by atoms with Gasteiger partial charge in [-0.25, -0.2) is 4.99 Å². The smallest absolute Gasteiger partial charge is 0.311 e. The average molecular weight is 465 g/mol. The van der Waals surface area contributed by atoms with Gasteiger partial charge in [-0.2, -0.15) is 0 Å². The van der Waals surface area contributed by atoms with E-state index in [4.69, 9.17) is 10.5 Å². The van der Waals surface area contributed by atoms with Crippen molar-refractivity contribution in [3.8, 4) is 11.1 Å². The molecule has 0 bridgehead atoms. The highest BCUT2D eigenvalue weighted by Crippen LogP contribution is 2.32. The average Bonchev–Trinajstić information content (AvgIpc) is 2.99. The second-order valence-corrected chi connectivity index (χ2v) is 8.11. The maximum absolute atomic E-state index is 13.2. The zero-order chi connectivity index (χ0) is 24.5. The van der Waals surface area contributed by atoms with Crippen molar-refractivity contribution < 1.29 is 19.4 Å². The van der Waals surface area contributed by atoms with Crippen LogP contribution < -0.4 is 5.73 Å². The van der Waals surface area contributed by atoms with E-state index in [-0.39, 0.29) is 31.3 Å². The molecule has 34 heavy (non-hydrogen) atoms. The highest BCUT2D eigenvalue weighted by molar-refractivity contribution is 6.05. The fourth-order valence-corrected chi connectivity index (χ4v) is 3.82. The number of aromatic nitrogens is 1. The number of pyridine rings is 1. The third kappa shape index (κ3) is 6.51. The van der Waals surface area contributed by atoms with Gasteiger partial charge in [0, 0.05) is 49.0 Å². The molecule has 1 aromatic carbocycles. The molecule has 2 aromatic rings. The Hall–Kier alpha value is -3.52. The Morgan fingerprint density at radius 2 is 1.94 bits per heavy atom. The topological polar surface area (TPSA) is 118 Å². The number of aliphatic imine (C=N–C) groups is 1. The van der Waals surface area contributed by atoms with Gasteiger partial charge >= 0.3 is 5.97 Å². The van der Waals surface area contributed by atoms with E-state index >= 15 is 0 Å².